The van der Waals surface area contributed by atoms with Crippen molar-refractivity contribution < 1.29 is 19.4 Å². The summed E-state index contributed by atoms with van der Waals surface area (Å²) in [6.07, 6.45) is 5.87. The number of benzene rings is 1. The number of nitrogens with zero attached hydrogens (tertiary/aromatic N) is 2. The van der Waals surface area contributed by atoms with Crippen molar-refractivity contribution in [2.24, 2.45) is 0 Å². The lowest BCUT2D eigenvalue weighted by Gasteiger charge is -2.18. The lowest BCUT2D eigenvalue weighted by molar-refractivity contribution is -0.147. The largest absolute Gasteiger partial charge is 0.478 e. The number of nitrogens with one attached hydrogen (secondary N) is 1. The summed E-state index contributed by atoms with van der Waals surface area (Å²) in [6, 6.07) is 4.30. The number of ether oxygens (including phenoxy) is 1. The highest BCUT2D eigenvalue weighted by Crippen LogP contribution is 2.36. The Bertz CT molecular complexity index is 895. The molecule has 2 N–H and O–H groups in total. The predicted octanol–water partition coefficient (Wildman–Crippen LogP) is 2.89. The number of aryl methyl sites for hydroxylation is 3. The van der Waals surface area contributed by atoms with Crippen molar-refractivity contribution in [2.75, 3.05) is 0 Å². The van der Waals surface area contributed by atoms with E-state index in [0.29, 0.717) is 5.02 Å². The molecule has 27 heavy (non-hydrogen) atoms. The van der Waals surface area contributed by atoms with E-state index in [0.717, 1.165) is 31.2 Å². The Kier molecular flexibility index (Phi) is 4.78. The number of halogens is 1. The first kappa shape index (κ1) is 17.9. The maximum absolute atomic E-state index is 12.3. The number of alkyl carbamates (subject to hydrolysis) is 1. The highest BCUT2D eigenvalue weighted by Gasteiger charge is 2.29. The van der Waals surface area contributed by atoms with Gasteiger partial charge in [0.15, 0.2) is 0 Å². The molecule has 2 aliphatic carbocycles. The van der Waals surface area contributed by atoms with Crippen molar-refractivity contribution in [1.82, 2.24) is 15.1 Å². The van der Waals surface area contributed by atoms with Gasteiger partial charge in [-0.1, -0.05) is 23.7 Å². The quantitative estimate of drug-likeness (QED) is 0.820. The molecule has 0 bridgehead atoms. The Morgan fingerprint density at radius 1 is 1.30 bits per heavy atom. The molecule has 0 saturated carbocycles. The van der Waals surface area contributed by atoms with Gasteiger partial charge >= 0.3 is 12.1 Å². The Balaban J connectivity index is 1.41. The molecule has 1 amide bonds. The van der Waals surface area contributed by atoms with Crippen LogP contribution in [-0.2, 0) is 35.3 Å². The van der Waals surface area contributed by atoms with Crippen molar-refractivity contribution >= 4 is 23.7 Å². The predicted molar refractivity (Wildman–Crippen MR) is 97.8 cm³/mol. The Hall–Kier alpha value is -2.54. The molecular weight excluding hydrogens is 370 g/mol. The number of carbonyl (C=O) groups excluding carboxylic acids is 1. The molecule has 0 aliphatic heterocycles. The Morgan fingerprint density at radius 3 is 2.78 bits per heavy atom. The number of hydrogen-bond acceptors (Lipinski definition) is 4. The molecule has 2 aromatic rings. The second kappa shape index (κ2) is 7.23. The summed E-state index contributed by atoms with van der Waals surface area (Å²) in [5, 5.41) is 16.5. The van der Waals surface area contributed by atoms with Crippen LogP contribution in [0.25, 0.3) is 0 Å². The molecule has 1 heterocycles. The van der Waals surface area contributed by atoms with E-state index in [1.165, 1.54) is 40.2 Å². The van der Waals surface area contributed by atoms with Gasteiger partial charge in [-0.05, 0) is 54.4 Å². The molecule has 142 valence electrons. The lowest BCUT2D eigenvalue weighted by Crippen LogP contribution is -2.37. The van der Waals surface area contributed by atoms with Gasteiger partial charge < -0.3 is 15.2 Å². The third-order valence-corrected chi connectivity index (χ3v) is 5.40. The average Bonchev–Trinajstić information content (AvgIpc) is 3.33. The van der Waals surface area contributed by atoms with Crippen molar-refractivity contribution in [3.05, 3.63) is 51.8 Å². The summed E-state index contributed by atoms with van der Waals surface area (Å²) in [5.41, 5.74) is 5.16. The fourth-order valence-corrected chi connectivity index (χ4v) is 4.08. The second-order valence-electron chi connectivity index (χ2n) is 7.02. The van der Waals surface area contributed by atoms with Gasteiger partial charge in [0.2, 0.25) is 6.10 Å². The summed E-state index contributed by atoms with van der Waals surface area (Å²) in [5.74, 6) is -1.23. The molecule has 0 spiro atoms. The first-order valence-corrected chi connectivity index (χ1v) is 9.40. The van der Waals surface area contributed by atoms with Gasteiger partial charge in [0, 0.05) is 6.20 Å². The summed E-state index contributed by atoms with van der Waals surface area (Å²) in [4.78, 5) is 23.7. The van der Waals surface area contributed by atoms with Crippen LogP contribution in [0.15, 0.2) is 24.5 Å². The normalized spacial score (nSPS) is 18.6. The van der Waals surface area contributed by atoms with Crippen LogP contribution >= 0.6 is 11.6 Å². The number of amides is 1. The fraction of sp³-hybridized carbons (Fsp3) is 0.421. The molecule has 7 nitrogen and oxygen atoms in total. The van der Waals surface area contributed by atoms with Gasteiger partial charge in [0.1, 0.15) is 0 Å². The Morgan fingerprint density at radius 2 is 2.07 bits per heavy atom. The maximum Gasteiger partial charge on any atom is 0.408 e. The molecule has 2 aliphatic rings. The molecule has 0 radical (unpaired) electrons. The minimum Gasteiger partial charge on any atom is -0.478 e. The zero-order valence-electron chi connectivity index (χ0n) is 14.7. The molecule has 1 aromatic carbocycles. The smallest absolute Gasteiger partial charge is 0.408 e. The first-order valence-electron chi connectivity index (χ1n) is 9.02. The third-order valence-electron chi connectivity index (χ3n) is 5.20. The average molecular weight is 390 g/mol. The molecule has 2 atom stereocenters. The summed E-state index contributed by atoms with van der Waals surface area (Å²) in [7, 11) is 0. The van der Waals surface area contributed by atoms with Crippen LogP contribution < -0.4 is 5.32 Å². The van der Waals surface area contributed by atoms with Crippen molar-refractivity contribution in [1.29, 1.82) is 0 Å². The van der Waals surface area contributed by atoms with E-state index in [-0.39, 0.29) is 12.6 Å². The van der Waals surface area contributed by atoms with Crippen molar-refractivity contribution in [2.45, 2.75) is 50.8 Å². The Labute approximate surface area is 161 Å². The second-order valence-corrected chi connectivity index (χ2v) is 7.46. The van der Waals surface area contributed by atoms with Crippen LogP contribution in [0.5, 0.6) is 0 Å². The number of fused-ring (bicyclic) bond motifs is 2. The van der Waals surface area contributed by atoms with E-state index in [9.17, 15) is 14.7 Å². The molecule has 4 rings (SSSR count). The highest BCUT2D eigenvalue weighted by molar-refractivity contribution is 6.30. The van der Waals surface area contributed by atoms with Crippen LogP contribution in [0.4, 0.5) is 4.79 Å². The van der Waals surface area contributed by atoms with Gasteiger partial charge in [-0.25, -0.2) is 9.59 Å². The number of hydrogen-bond donors (Lipinski definition) is 2. The van der Waals surface area contributed by atoms with Gasteiger partial charge in [-0.3, -0.25) is 4.68 Å². The van der Waals surface area contributed by atoms with E-state index in [1.807, 2.05) is 0 Å². The van der Waals surface area contributed by atoms with Crippen LogP contribution in [-0.4, -0.2) is 33.1 Å². The van der Waals surface area contributed by atoms with Crippen LogP contribution in [0, 0.1) is 0 Å². The first-order chi connectivity index (χ1) is 13.0. The zero-order chi connectivity index (χ0) is 19.0. The third kappa shape index (κ3) is 3.78. The fourth-order valence-electron chi connectivity index (χ4n) is 3.92. The number of carboxylic acid groups (broad SMARTS) is 1. The van der Waals surface area contributed by atoms with Crippen molar-refractivity contribution in [3.63, 3.8) is 0 Å². The summed E-state index contributed by atoms with van der Waals surface area (Å²) < 4.78 is 6.48. The van der Waals surface area contributed by atoms with Gasteiger partial charge in [-0.2, -0.15) is 5.10 Å². The minimum atomic E-state index is -1.35. The summed E-state index contributed by atoms with van der Waals surface area (Å²) >= 11 is 5.78. The van der Waals surface area contributed by atoms with E-state index in [4.69, 9.17) is 16.3 Å². The molecule has 0 saturated heterocycles. The maximum atomic E-state index is 12.3. The van der Waals surface area contributed by atoms with Crippen LogP contribution in [0.3, 0.4) is 0 Å². The number of carboxylic acids is 1. The van der Waals surface area contributed by atoms with E-state index >= 15 is 0 Å². The highest BCUT2D eigenvalue weighted by atomic mass is 35.5. The van der Waals surface area contributed by atoms with E-state index < -0.39 is 18.2 Å². The van der Waals surface area contributed by atoms with Crippen LogP contribution in [0.2, 0.25) is 5.02 Å². The SMILES string of the molecule is O=C(NC1CCc2cc3c(cc21)CCC3)O[C@H](Cn1cc(Cl)cn1)C(=O)O. The van der Waals surface area contributed by atoms with E-state index in [1.54, 1.807) is 0 Å². The lowest BCUT2D eigenvalue weighted by atomic mass is 10.0. The molecule has 8 heteroatoms. The number of carbonyl (C=O) groups is 2. The zero-order valence-corrected chi connectivity index (χ0v) is 15.4. The minimum absolute atomic E-state index is 0.107. The monoisotopic (exact) mass is 389 g/mol. The number of aromatic nitrogens is 2. The molecular formula is C19H20ClN3O4. The molecule has 1 unspecified atom stereocenters. The number of aliphatic carboxylic acids is 1. The molecule has 0 fully saturated rings. The standard InChI is InChI=1S/C19H20ClN3O4/c20-14-8-21-23(9-14)10-17(18(24)25)27-19(26)22-16-5-4-13-6-11-2-1-3-12(11)7-15(13)16/h6-9,16-17H,1-5,10H2,(H,22,26)(H,24,25)/t16?,17-/m1/s1. The van der Waals surface area contributed by atoms with E-state index in [2.05, 4.69) is 22.5 Å². The van der Waals surface area contributed by atoms with Crippen LogP contribution in [0.1, 0.15) is 41.1 Å². The van der Waals surface area contributed by atoms with Gasteiger partial charge in [-0.15, -0.1) is 0 Å². The molecule has 1 aromatic heterocycles. The topological polar surface area (TPSA) is 93.5 Å². The van der Waals surface area contributed by atoms with Gasteiger partial charge in [0.25, 0.3) is 0 Å². The summed E-state index contributed by atoms with van der Waals surface area (Å²) in [6.45, 7) is -0.107. The van der Waals surface area contributed by atoms with Crippen molar-refractivity contribution in [3.8, 4) is 0 Å². The number of rotatable bonds is 5. The van der Waals surface area contributed by atoms with Gasteiger partial charge in [0.05, 0.1) is 23.8 Å².